The minimum Gasteiger partial charge on any atom is -0.354 e. The molecule has 0 radical (unpaired) electrons. The standard InChI is InChI=1S/C22H28N4O/c1-24-19-11-5-4-10-18(19)23-22(24)20-12-9-17-26(20)21(27)13-3-2-6-14-25-15-7-8-16-25/h4-5,7-8,10-11,15-16,20H,2-3,6,9,12-14,17H2,1H3/t20-/m0/s1. The van der Waals surface area contributed by atoms with Gasteiger partial charge in [-0.15, -0.1) is 0 Å². The van der Waals surface area contributed by atoms with E-state index in [-0.39, 0.29) is 11.9 Å². The van der Waals surface area contributed by atoms with Gasteiger partial charge in [0, 0.05) is 39.0 Å². The van der Waals surface area contributed by atoms with Crippen LogP contribution >= 0.6 is 0 Å². The van der Waals surface area contributed by atoms with Gasteiger partial charge in [0.25, 0.3) is 0 Å². The molecule has 1 aliphatic heterocycles. The zero-order valence-electron chi connectivity index (χ0n) is 16.1. The lowest BCUT2D eigenvalue weighted by Gasteiger charge is -2.24. The van der Waals surface area contributed by atoms with Crippen molar-refractivity contribution >= 4 is 16.9 Å². The van der Waals surface area contributed by atoms with E-state index in [0.29, 0.717) is 6.42 Å². The Kier molecular flexibility index (Phi) is 5.28. The molecule has 142 valence electrons. The second kappa shape index (κ2) is 7.99. The van der Waals surface area contributed by atoms with Gasteiger partial charge >= 0.3 is 0 Å². The summed E-state index contributed by atoms with van der Waals surface area (Å²) in [6.45, 7) is 1.89. The smallest absolute Gasteiger partial charge is 0.223 e. The Hall–Kier alpha value is -2.56. The van der Waals surface area contributed by atoms with Gasteiger partial charge in [-0.1, -0.05) is 18.6 Å². The van der Waals surface area contributed by atoms with E-state index in [9.17, 15) is 4.79 Å². The predicted octanol–water partition coefficient (Wildman–Crippen LogP) is 4.30. The summed E-state index contributed by atoms with van der Waals surface area (Å²) in [4.78, 5) is 19.7. The SMILES string of the molecule is Cn1c([C@@H]2CCCN2C(=O)CCCCCn2cccc2)nc2ccccc21. The summed E-state index contributed by atoms with van der Waals surface area (Å²) in [6.07, 6.45) is 10.1. The van der Waals surface area contributed by atoms with Crippen molar-refractivity contribution in [1.82, 2.24) is 19.0 Å². The van der Waals surface area contributed by atoms with Crippen LogP contribution in [0.5, 0.6) is 0 Å². The fourth-order valence-electron chi connectivity index (χ4n) is 4.21. The number of aryl methyl sites for hydroxylation is 2. The molecule has 0 unspecified atom stereocenters. The molecule has 1 aromatic carbocycles. The Morgan fingerprint density at radius 2 is 1.93 bits per heavy atom. The third-order valence-corrected chi connectivity index (χ3v) is 5.67. The molecule has 3 aromatic rings. The minimum atomic E-state index is 0.120. The van der Waals surface area contributed by atoms with Crippen molar-refractivity contribution in [1.29, 1.82) is 0 Å². The highest BCUT2D eigenvalue weighted by Gasteiger charge is 2.32. The van der Waals surface area contributed by atoms with Gasteiger partial charge < -0.3 is 14.0 Å². The fraction of sp³-hybridized carbons (Fsp3) is 0.455. The van der Waals surface area contributed by atoms with Gasteiger partial charge in [0.05, 0.1) is 17.1 Å². The van der Waals surface area contributed by atoms with Crippen LogP contribution in [0.15, 0.2) is 48.8 Å². The molecule has 0 bridgehead atoms. The topological polar surface area (TPSA) is 43.1 Å². The van der Waals surface area contributed by atoms with Crippen LogP contribution in [0.4, 0.5) is 0 Å². The van der Waals surface area contributed by atoms with Crippen molar-refractivity contribution in [2.75, 3.05) is 6.54 Å². The maximum atomic E-state index is 12.8. The summed E-state index contributed by atoms with van der Waals surface area (Å²) >= 11 is 0. The molecular weight excluding hydrogens is 336 g/mol. The summed E-state index contributed by atoms with van der Waals surface area (Å²) in [5, 5.41) is 0. The zero-order chi connectivity index (χ0) is 18.6. The Morgan fingerprint density at radius 1 is 1.11 bits per heavy atom. The Balaban J connectivity index is 1.34. The summed E-state index contributed by atoms with van der Waals surface area (Å²) in [6, 6.07) is 12.4. The Bertz CT molecular complexity index is 896. The van der Waals surface area contributed by atoms with Gasteiger partial charge in [0.15, 0.2) is 0 Å². The van der Waals surface area contributed by atoms with Gasteiger partial charge in [-0.05, 0) is 49.9 Å². The van der Waals surface area contributed by atoms with E-state index in [1.54, 1.807) is 0 Å². The minimum absolute atomic E-state index is 0.120. The van der Waals surface area contributed by atoms with E-state index in [1.807, 2.05) is 18.2 Å². The lowest BCUT2D eigenvalue weighted by atomic mass is 10.1. The number of benzene rings is 1. The molecule has 0 aliphatic carbocycles. The van der Waals surface area contributed by atoms with Crippen LogP contribution in [0.25, 0.3) is 11.0 Å². The number of carbonyl (C=O) groups excluding carboxylic acids is 1. The van der Waals surface area contributed by atoms with E-state index in [4.69, 9.17) is 4.98 Å². The quantitative estimate of drug-likeness (QED) is 0.587. The molecule has 2 aromatic heterocycles. The number of hydrogen-bond acceptors (Lipinski definition) is 2. The van der Waals surface area contributed by atoms with E-state index >= 15 is 0 Å². The van der Waals surface area contributed by atoms with Crippen molar-refractivity contribution in [3.8, 4) is 0 Å². The maximum Gasteiger partial charge on any atom is 0.223 e. The summed E-state index contributed by atoms with van der Waals surface area (Å²) in [7, 11) is 2.06. The average molecular weight is 364 g/mol. The lowest BCUT2D eigenvalue weighted by molar-refractivity contribution is -0.132. The largest absolute Gasteiger partial charge is 0.354 e. The molecule has 1 atom stereocenters. The van der Waals surface area contributed by atoms with E-state index in [1.165, 1.54) is 0 Å². The number of aromatic nitrogens is 3. The maximum absolute atomic E-state index is 12.8. The highest BCUT2D eigenvalue weighted by Crippen LogP contribution is 2.33. The number of amides is 1. The Labute approximate surface area is 160 Å². The molecular formula is C22H28N4O. The van der Waals surface area contributed by atoms with Crippen LogP contribution < -0.4 is 0 Å². The van der Waals surface area contributed by atoms with Gasteiger partial charge in [0.1, 0.15) is 5.82 Å². The molecule has 0 saturated carbocycles. The third kappa shape index (κ3) is 3.77. The molecule has 4 rings (SSSR count). The first-order valence-electron chi connectivity index (χ1n) is 10.1. The number of likely N-dealkylation sites (tertiary alicyclic amines) is 1. The van der Waals surface area contributed by atoms with Crippen LogP contribution in [0, 0.1) is 0 Å². The predicted molar refractivity (Wildman–Crippen MR) is 107 cm³/mol. The van der Waals surface area contributed by atoms with Crippen LogP contribution in [-0.4, -0.2) is 31.5 Å². The van der Waals surface area contributed by atoms with Crippen molar-refractivity contribution in [2.24, 2.45) is 7.05 Å². The summed E-state index contributed by atoms with van der Waals surface area (Å²) in [5.41, 5.74) is 2.15. The summed E-state index contributed by atoms with van der Waals surface area (Å²) in [5.74, 6) is 1.31. The molecule has 1 saturated heterocycles. The third-order valence-electron chi connectivity index (χ3n) is 5.67. The fourth-order valence-corrected chi connectivity index (χ4v) is 4.21. The first-order chi connectivity index (χ1) is 13.2. The second-order valence-corrected chi connectivity index (χ2v) is 7.49. The Morgan fingerprint density at radius 3 is 2.74 bits per heavy atom. The van der Waals surface area contributed by atoms with Crippen LogP contribution in [0.3, 0.4) is 0 Å². The van der Waals surface area contributed by atoms with Gasteiger partial charge in [0.2, 0.25) is 5.91 Å². The number of hydrogen-bond donors (Lipinski definition) is 0. The number of imidazole rings is 1. The van der Waals surface area contributed by atoms with Gasteiger partial charge in [-0.3, -0.25) is 4.79 Å². The van der Waals surface area contributed by atoms with E-state index in [2.05, 4.69) is 51.7 Å². The number of fused-ring (bicyclic) bond motifs is 1. The van der Waals surface area contributed by atoms with Crippen molar-refractivity contribution in [3.05, 3.63) is 54.6 Å². The highest BCUT2D eigenvalue weighted by atomic mass is 16.2. The van der Waals surface area contributed by atoms with Crippen LogP contribution in [0.1, 0.15) is 50.4 Å². The molecule has 0 spiro atoms. The van der Waals surface area contributed by atoms with Gasteiger partial charge in [-0.2, -0.15) is 0 Å². The molecule has 0 N–H and O–H groups in total. The zero-order valence-corrected chi connectivity index (χ0v) is 16.1. The molecule has 3 heterocycles. The molecule has 1 fully saturated rings. The van der Waals surface area contributed by atoms with Gasteiger partial charge in [-0.25, -0.2) is 4.98 Å². The number of nitrogens with zero attached hydrogens (tertiary/aromatic N) is 4. The summed E-state index contributed by atoms with van der Waals surface area (Å²) < 4.78 is 4.35. The van der Waals surface area contributed by atoms with E-state index < -0.39 is 0 Å². The molecule has 5 heteroatoms. The van der Waals surface area contributed by atoms with Crippen molar-refractivity contribution in [2.45, 2.75) is 51.1 Å². The number of unbranched alkanes of at least 4 members (excludes halogenated alkanes) is 2. The average Bonchev–Trinajstić information content (AvgIpc) is 3.42. The van der Waals surface area contributed by atoms with Crippen molar-refractivity contribution in [3.63, 3.8) is 0 Å². The number of carbonyl (C=O) groups is 1. The second-order valence-electron chi connectivity index (χ2n) is 7.49. The molecule has 27 heavy (non-hydrogen) atoms. The number of para-hydroxylation sites is 2. The van der Waals surface area contributed by atoms with Crippen LogP contribution in [0.2, 0.25) is 0 Å². The molecule has 1 aliphatic rings. The van der Waals surface area contributed by atoms with E-state index in [0.717, 1.165) is 62.1 Å². The molecule has 5 nitrogen and oxygen atoms in total. The molecule has 1 amide bonds. The normalized spacial score (nSPS) is 17.1. The number of rotatable bonds is 7. The van der Waals surface area contributed by atoms with Crippen LogP contribution in [-0.2, 0) is 18.4 Å². The first-order valence-corrected chi connectivity index (χ1v) is 10.1. The first kappa shape index (κ1) is 17.8. The highest BCUT2D eigenvalue weighted by molar-refractivity contribution is 5.78. The monoisotopic (exact) mass is 364 g/mol. The van der Waals surface area contributed by atoms with Crippen molar-refractivity contribution < 1.29 is 4.79 Å². The lowest BCUT2D eigenvalue weighted by Crippen LogP contribution is -2.31.